The van der Waals surface area contributed by atoms with E-state index in [4.69, 9.17) is 4.74 Å². The zero-order valence-corrected chi connectivity index (χ0v) is 18.9. The van der Waals surface area contributed by atoms with E-state index in [0.717, 1.165) is 16.9 Å². The fraction of sp³-hybridized carbons (Fsp3) is 0.308. The maximum atomic E-state index is 13.2. The van der Waals surface area contributed by atoms with Gasteiger partial charge < -0.3 is 14.6 Å². The Hall–Kier alpha value is -3.34. The van der Waals surface area contributed by atoms with Gasteiger partial charge in [-0.05, 0) is 55.5 Å². The van der Waals surface area contributed by atoms with Crippen LogP contribution in [0.4, 0.5) is 5.69 Å². The second-order valence-corrected chi connectivity index (χ2v) is 7.96. The number of anilines is 1. The highest BCUT2D eigenvalue weighted by molar-refractivity contribution is 6.08. The minimum Gasteiger partial charge on any atom is -0.461 e. The van der Waals surface area contributed by atoms with Gasteiger partial charge in [0.2, 0.25) is 0 Å². The first-order valence-electron chi connectivity index (χ1n) is 10.7. The maximum absolute atomic E-state index is 13.2. The average molecular weight is 419 g/mol. The van der Waals surface area contributed by atoms with Crippen LogP contribution in [0.2, 0.25) is 0 Å². The van der Waals surface area contributed by atoms with E-state index in [0.29, 0.717) is 29.3 Å². The molecule has 1 heterocycles. The normalized spacial score (nSPS) is 10.9. The predicted molar refractivity (Wildman–Crippen MR) is 124 cm³/mol. The molecule has 0 unspecified atom stereocenters. The van der Waals surface area contributed by atoms with Crippen molar-refractivity contribution < 1.29 is 14.3 Å². The Morgan fingerprint density at radius 1 is 1.00 bits per heavy atom. The van der Waals surface area contributed by atoms with E-state index in [1.54, 1.807) is 13.8 Å². The number of carbonyl (C=O) groups excluding carboxylic acids is 2. The summed E-state index contributed by atoms with van der Waals surface area (Å²) in [7, 11) is 0. The van der Waals surface area contributed by atoms with Crippen LogP contribution in [0.15, 0.2) is 54.6 Å². The van der Waals surface area contributed by atoms with Crippen LogP contribution < -0.4 is 5.32 Å². The van der Waals surface area contributed by atoms with Crippen molar-refractivity contribution in [1.29, 1.82) is 0 Å². The summed E-state index contributed by atoms with van der Waals surface area (Å²) in [5.74, 6) is -0.225. The molecule has 1 amide bonds. The van der Waals surface area contributed by atoms with E-state index < -0.39 is 5.97 Å². The van der Waals surface area contributed by atoms with E-state index in [1.807, 2.05) is 66.1 Å². The van der Waals surface area contributed by atoms with Crippen molar-refractivity contribution in [3.05, 3.63) is 88.2 Å². The molecule has 0 spiro atoms. The molecule has 0 aliphatic rings. The zero-order chi connectivity index (χ0) is 22.5. The molecule has 2 aromatic carbocycles. The molecule has 3 aromatic rings. The molecule has 0 radical (unpaired) electrons. The van der Waals surface area contributed by atoms with Gasteiger partial charge in [-0.25, -0.2) is 4.79 Å². The van der Waals surface area contributed by atoms with Gasteiger partial charge in [0.05, 0.1) is 12.2 Å². The fourth-order valence-corrected chi connectivity index (χ4v) is 3.80. The number of carbonyl (C=O) groups is 2. The van der Waals surface area contributed by atoms with E-state index in [1.165, 1.54) is 5.56 Å². The fourth-order valence-electron chi connectivity index (χ4n) is 3.80. The Labute approximate surface area is 184 Å². The van der Waals surface area contributed by atoms with E-state index >= 15 is 0 Å². The molecule has 0 fully saturated rings. The Morgan fingerprint density at radius 2 is 1.65 bits per heavy atom. The zero-order valence-electron chi connectivity index (χ0n) is 18.9. The van der Waals surface area contributed by atoms with Gasteiger partial charge in [0.15, 0.2) is 0 Å². The highest BCUT2D eigenvalue weighted by atomic mass is 16.5. The standard InChI is InChI=1S/C26H30N2O3/c1-6-31-26(30)24-18(4)23(19(5)28(24)16-20-10-8-7-9-11-20)25(29)27-22-14-12-21(13-15-22)17(2)3/h7-15,17H,6,16H2,1-5H3,(H,27,29). The van der Waals surface area contributed by atoms with Crippen molar-refractivity contribution >= 4 is 17.6 Å². The van der Waals surface area contributed by atoms with Gasteiger partial charge in [-0.1, -0.05) is 56.3 Å². The van der Waals surface area contributed by atoms with Crippen LogP contribution >= 0.6 is 0 Å². The molecule has 0 bridgehead atoms. The Morgan fingerprint density at radius 3 is 2.23 bits per heavy atom. The first kappa shape index (κ1) is 22.3. The average Bonchev–Trinajstić information content (AvgIpc) is 2.99. The Kier molecular flexibility index (Phi) is 6.95. The molecule has 0 aliphatic heterocycles. The van der Waals surface area contributed by atoms with Gasteiger partial charge in [0.1, 0.15) is 5.69 Å². The van der Waals surface area contributed by atoms with Gasteiger partial charge in [0.25, 0.3) is 5.91 Å². The van der Waals surface area contributed by atoms with Crippen molar-refractivity contribution in [2.24, 2.45) is 0 Å². The van der Waals surface area contributed by atoms with Crippen molar-refractivity contribution in [1.82, 2.24) is 4.57 Å². The highest BCUT2D eigenvalue weighted by Crippen LogP contribution is 2.26. The molecule has 31 heavy (non-hydrogen) atoms. The number of ether oxygens (including phenoxy) is 1. The number of aromatic nitrogens is 1. The van der Waals surface area contributed by atoms with Crippen LogP contribution in [0, 0.1) is 13.8 Å². The molecule has 1 N–H and O–H groups in total. The van der Waals surface area contributed by atoms with Gasteiger partial charge in [-0.3, -0.25) is 4.79 Å². The summed E-state index contributed by atoms with van der Waals surface area (Å²) < 4.78 is 7.17. The highest BCUT2D eigenvalue weighted by Gasteiger charge is 2.27. The van der Waals surface area contributed by atoms with Crippen LogP contribution in [0.5, 0.6) is 0 Å². The molecule has 1 aromatic heterocycles. The minimum atomic E-state index is -0.417. The van der Waals surface area contributed by atoms with E-state index in [2.05, 4.69) is 19.2 Å². The number of hydrogen-bond donors (Lipinski definition) is 1. The first-order valence-corrected chi connectivity index (χ1v) is 10.7. The summed E-state index contributed by atoms with van der Waals surface area (Å²) in [6, 6.07) is 17.7. The van der Waals surface area contributed by atoms with Crippen molar-refractivity contribution in [3.63, 3.8) is 0 Å². The summed E-state index contributed by atoms with van der Waals surface area (Å²) in [6.45, 7) is 10.5. The number of rotatable bonds is 7. The molecule has 162 valence electrons. The number of amides is 1. The Bertz CT molecular complexity index is 1060. The monoisotopic (exact) mass is 418 g/mol. The van der Waals surface area contributed by atoms with Gasteiger partial charge in [0, 0.05) is 17.9 Å². The van der Waals surface area contributed by atoms with Crippen molar-refractivity contribution in [3.8, 4) is 0 Å². The van der Waals surface area contributed by atoms with Crippen LogP contribution in [0.3, 0.4) is 0 Å². The lowest BCUT2D eigenvalue weighted by Crippen LogP contribution is -2.15. The largest absolute Gasteiger partial charge is 0.461 e. The second kappa shape index (κ2) is 9.65. The number of benzene rings is 2. The lowest BCUT2D eigenvalue weighted by atomic mass is 10.0. The molecule has 0 saturated carbocycles. The summed E-state index contributed by atoms with van der Waals surface area (Å²) in [5.41, 5.74) is 5.27. The summed E-state index contributed by atoms with van der Waals surface area (Å²) in [5, 5.41) is 2.98. The molecule has 5 heteroatoms. The summed E-state index contributed by atoms with van der Waals surface area (Å²) in [6.07, 6.45) is 0. The van der Waals surface area contributed by atoms with Gasteiger partial charge >= 0.3 is 5.97 Å². The van der Waals surface area contributed by atoms with Crippen LogP contribution in [-0.2, 0) is 11.3 Å². The number of esters is 1. The van der Waals surface area contributed by atoms with Crippen LogP contribution in [0.1, 0.15) is 69.9 Å². The molecular weight excluding hydrogens is 388 g/mol. The topological polar surface area (TPSA) is 60.3 Å². The van der Waals surface area contributed by atoms with Gasteiger partial charge in [-0.15, -0.1) is 0 Å². The van der Waals surface area contributed by atoms with Crippen LogP contribution in [-0.4, -0.2) is 23.1 Å². The summed E-state index contributed by atoms with van der Waals surface area (Å²) >= 11 is 0. The molecule has 0 atom stereocenters. The molecule has 0 saturated heterocycles. The molecule has 3 rings (SSSR count). The predicted octanol–water partition coefficient (Wildman–Crippen LogP) is 5.71. The minimum absolute atomic E-state index is 0.232. The number of nitrogens with one attached hydrogen (secondary N) is 1. The SMILES string of the molecule is CCOC(=O)c1c(C)c(C(=O)Nc2ccc(C(C)C)cc2)c(C)n1Cc1ccccc1. The third-order valence-electron chi connectivity index (χ3n) is 5.48. The third kappa shape index (κ3) is 4.88. The maximum Gasteiger partial charge on any atom is 0.355 e. The first-order chi connectivity index (χ1) is 14.8. The van der Waals surface area contributed by atoms with E-state index in [9.17, 15) is 9.59 Å². The van der Waals surface area contributed by atoms with Crippen LogP contribution in [0.25, 0.3) is 0 Å². The van der Waals surface area contributed by atoms with E-state index in [-0.39, 0.29) is 12.5 Å². The van der Waals surface area contributed by atoms with Crippen molar-refractivity contribution in [2.75, 3.05) is 11.9 Å². The molecule has 0 aliphatic carbocycles. The molecular formula is C26H30N2O3. The summed E-state index contributed by atoms with van der Waals surface area (Å²) in [4.78, 5) is 25.9. The number of hydrogen-bond acceptors (Lipinski definition) is 3. The second-order valence-electron chi connectivity index (χ2n) is 7.96. The Balaban J connectivity index is 1.98. The smallest absolute Gasteiger partial charge is 0.355 e. The lowest BCUT2D eigenvalue weighted by Gasteiger charge is -2.12. The lowest BCUT2D eigenvalue weighted by molar-refractivity contribution is 0.0513. The van der Waals surface area contributed by atoms with Crippen molar-refractivity contribution in [2.45, 2.75) is 47.1 Å². The van der Waals surface area contributed by atoms with Gasteiger partial charge in [-0.2, -0.15) is 0 Å². The molecule has 5 nitrogen and oxygen atoms in total. The quantitative estimate of drug-likeness (QED) is 0.500. The number of nitrogens with zero attached hydrogens (tertiary/aromatic N) is 1. The third-order valence-corrected chi connectivity index (χ3v) is 5.48.